The summed E-state index contributed by atoms with van der Waals surface area (Å²) in [6.07, 6.45) is 0.860. The van der Waals surface area contributed by atoms with Crippen LogP contribution in [0, 0.1) is 0 Å². The molecule has 86 valence electrons. The molecule has 1 atom stereocenters. The quantitative estimate of drug-likeness (QED) is 0.688. The second-order valence-electron chi connectivity index (χ2n) is 3.40. The molecule has 0 aromatic rings. The fourth-order valence-electron chi connectivity index (χ4n) is 1.36. The Morgan fingerprint density at radius 3 is 2.29 bits per heavy atom. The number of nitrogens with zero attached hydrogens (tertiary/aromatic N) is 1. The summed E-state index contributed by atoms with van der Waals surface area (Å²) in [5.74, 6) is 0. The Balaban J connectivity index is 4.55. The highest BCUT2D eigenvalue weighted by Gasteiger charge is 2.26. The van der Waals surface area contributed by atoms with E-state index in [9.17, 15) is 8.42 Å². The predicted octanol–water partition coefficient (Wildman–Crippen LogP) is 0.656. The van der Waals surface area contributed by atoms with Crippen LogP contribution in [0.1, 0.15) is 27.2 Å². The minimum atomic E-state index is -3.10. The lowest BCUT2D eigenvalue weighted by molar-refractivity contribution is 0.418. The average Bonchev–Trinajstić information content (AvgIpc) is 2.14. The van der Waals surface area contributed by atoms with Crippen LogP contribution in [-0.4, -0.2) is 44.7 Å². The molecule has 0 aliphatic carbocycles. The summed E-state index contributed by atoms with van der Waals surface area (Å²) in [5, 5.41) is 2.54. The van der Waals surface area contributed by atoms with E-state index in [-0.39, 0.29) is 5.25 Å². The van der Waals surface area contributed by atoms with Crippen LogP contribution in [-0.2, 0) is 10.0 Å². The van der Waals surface area contributed by atoms with E-state index in [1.807, 2.05) is 13.8 Å². The monoisotopic (exact) mass is 222 g/mol. The maximum atomic E-state index is 11.9. The van der Waals surface area contributed by atoms with Crippen molar-refractivity contribution in [3.8, 4) is 0 Å². The van der Waals surface area contributed by atoms with Crippen LogP contribution in [0.2, 0.25) is 0 Å². The van der Waals surface area contributed by atoms with Gasteiger partial charge in [-0.15, -0.1) is 0 Å². The van der Waals surface area contributed by atoms with Crippen molar-refractivity contribution in [3.05, 3.63) is 0 Å². The van der Waals surface area contributed by atoms with E-state index in [1.165, 1.54) is 0 Å². The Labute approximate surface area is 87.7 Å². The fraction of sp³-hybridized carbons (Fsp3) is 1.00. The van der Waals surface area contributed by atoms with Gasteiger partial charge in [0, 0.05) is 19.6 Å². The Morgan fingerprint density at radius 1 is 1.36 bits per heavy atom. The molecule has 0 heterocycles. The normalized spacial score (nSPS) is 14.6. The van der Waals surface area contributed by atoms with Crippen molar-refractivity contribution in [2.45, 2.75) is 32.4 Å². The summed E-state index contributed by atoms with van der Waals surface area (Å²) in [6, 6.07) is 0. The number of sulfonamides is 1. The Hall–Kier alpha value is -0.130. The fourth-order valence-corrected chi connectivity index (χ4v) is 3.05. The van der Waals surface area contributed by atoms with Gasteiger partial charge in [0.2, 0.25) is 10.0 Å². The van der Waals surface area contributed by atoms with E-state index < -0.39 is 10.0 Å². The number of hydrogen-bond donors (Lipinski definition) is 1. The summed E-state index contributed by atoms with van der Waals surface area (Å²) in [6.45, 7) is 7.28. The van der Waals surface area contributed by atoms with Gasteiger partial charge in [0.05, 0.1) is 5.25 Å². The van der Waals surface area contributed by atoms with E-state index in [2.05, 4.69) is 5.32 Å². The van der Waals surface area contributed by atoms with Gasteiger partial charge in [-0.3, -0.25) is 0 Å². The van der Waals surface area contributed by atoms with Gasteiger partial charge in [-0.1, -0.05) is 13.8 Å². The average molecular weight is 222 g/mol. The first-order chi connectivity index (χ1) is 6.50. The highest BCUT2D eigenvalue weighted by Crippen LogP contribution is 2.08. The highest BCUT2D eigenvalue weighted by atomic mass is 32.2. The van der Waals surface area contributed by atoms with Gasteiger partial charge < -0.3 is 5.32 Å². The van der Waals surface area contributed by atoms with Crippen LogP contribution in [0.15, 0.2) is 0 Å². The molecule has 14 heavy (non-hydrogen) atoms. The first kappa shape index (κ1) is 13.9. The van der Waals surface area contributed by atoms with Crippen LogP contribution in [0.4, 0.5) is 0 Å². The van der Waals surface area contributed by atoms with E-state index in [0.29, 0.717) is 19.6 Å². The Morgan fingerprint density at radius 2 is 1.93 bits per heavy atom. The summed E-state index contributed by atoms with van der Waals surface area (Å²) in [5.41, 5.74) is 0. The molecule has 5 heteroatoms. The van der Waals surface area contributed by atoms with Crippen molar-refractivity contribution in [2.75, 3.05) is 26.7 Å². The molecule has 4 nitrogen and oxygen atoms in total. The lowest BCUT2D eigenvalue weighted by Gasteiger charge is -2.23. The molecule has 0 saturated heterocycles. The van der Waals surface area contributed by atoms with E-state index in [4.69, 9.17) is 0 Å². The van der Waals surface area contributed by atoms with Gasteiger partial charge in [0.15, 0.2) is 0 Å². The number of nitrogens with one attached hydrogen (secondary N) is 1. The molecule has 0 fully saturated rings. The second-order valence-corrected chi connectivity index (χ2v) is 5.76. The largest absolute Gasteiger partial charge is 0.318 e. The van der Waals surface area contributed by atoms with Crippen molar-refractivity contribution in [2.24, 2.45) is 0 Å². The molecule has 0 aromatic carbocycles. The van der Waals surface area contributed by atoms with E-state index in [0.717, 1.165) is 6.42 Å². The molecule has 1 unspecified atom stereocenters. The van der Waals surface area contributed by atoms with Gasteiger partial charge in [-0.2, -0.15) is 0 Å². The standard InChI is InChI=1S/C9H22N2O2S/c1-5-7-11(6-2)14(12,13)9(3)8-10-4/h9-10H,5-8H2,1-4H3. The van der Waals surface area contributed by atoms with Gasteiger partial charge >= 0.3 is 0 Å². The zero-order valence-corrected chi connectivity index (χ0v) is 10.4. The molecule has 0 aliphatic rings. The van der Waals surface area contributed by atoms with Crippen molar-refractivity contribution in [3.63, 3.8) is 0 Å². The van der Waals surface area contributed by atoms with Crippen LogP contribution in [0.25, 0.3) is 0 Å². The first-order valence-corrected chi connectivity index (χ1v) is 6.64. The summed E-state index contributed by atoms with van der Waals surface area (Å²) >= 11 is 0. The minimum Gasteiger partial charge on any atom is -0.318 e. The molecule has 0 radical (unpaired) electrons. The second kappa shape index (κ2) is 6.37. The van der Waals surface area contributed by atoms with Crippen LogP contribution >= 0.6 is 0 Å². The SMILES string of the molecule is CCCN(CC)S(=O)(=O)C(C)CNC. The van der Waals surface area contributed by atoms with Gasteiger partial charge in [0.1, 0.15) is 0 Å². The zero-order valence-electron chi connectivity index (χ0n) is 9.58. The third-order valence-electron chi connectivity index (χ3n) is 2.19. The summed E-state index contributed by atoms with van der Waals surface area (Å²) < 4.78 is 25.4. The topological polar surface area (TPSA) is 49.4 Å². The Kier molecular flexibility index (Phi) is 6.31. The number of rotatable bonds is 7. The van der Waals surface area contributed by atoms with Crippen molar-refractivity contribution >= 4 is 10.0 Å². The molecule has 0 rings (SSSR count). The molecule has 0 aromatic heterocycles. The third-order valence-corrected chi connectivity index (χ3v) is 4.53. The van der Waals surface area contributed by atoms with Crippen LogP contribution in [0.3, 0.4) is 0 Å². The third kappa shape index (κ3) is 3.55. The molecule has 0 bridgehead atoms. The molecular formula is C9H22N2O2S. The zero-order chi connectivity index (χ0) is 11.2. The molecule has 0 saturated carbocycles. The van der Waals surface area contributed by atoms with Gasteiger partial charge in [-0.05, 0) is 20.4 Å². The lowest BCUT2D eigenvalue weighted by Crippen LogP contribution is -2.41. The molecule has 0 amide bonds. The predicted molar refractivity (Wildman–Crippen MR) is 59.8 cm³/mol. The molecule has 0 aliphatic heterocycles. The lowest BCUT2D eigenvalue weighted by atomic mass is 10.5. The van der Waals surface area contributed by atoms with Crippen molar-refractivity contribution in [1.29, 1.82) is 0 Å². The molecule has 1 N–H and O–H groups in total. The molecule has 0 spiro atoms. The molecular weight excluding hydrogens is 200 g/mol. The smallest absolute Gasteiger partial charge is 0.217 e. The summed E-state index contributed by atoms with van der Waals surface area (Å²) in [7, 11) is -1.34. The summed E-state index contributed by atoms with van der Waals surface area (Å²) in [4.78, 5) is 0. The minimum absolute atomic E-state index is 0.348. The van der Waals surface area contributed by atoms with Crippen LogP contribution in [0.5, 0.6) is 0 Å². The van der Waals surface area contributed by atoms with Crippen molar-refractivity contribution < 1.29 is 8.42 Å². The first-order valence-electron chi connectivity index (χ1n) is 5.14. The van der Waals surface area contributed by atoms with E-state index in [1.54, 1.807) is 18.3 Å². The number of hydrogen-bond acceptors (Lipinski definition) is 3. The van der Waals surface area contributed by atoms with Crippen LogP contribution < -0.4 is 5.32 Å². The maximum Gasteiger partial charge on any atom is 0.217 e. The maximum absolute atomic E-state index is 11.9. The van der Waals surface area contributed by atoms with Crippen molar-refractivity contribution in [1.82, 2.24) is 9.62 Å². The van der Waals surface area contributed by atoms with E-state index >= 15 is 0 Å². The highest BCUT2D eigenvalue weighted by molar-refractivity contribution is 7.89. The van der Waals surface area contributed by atoms with Gasteiger partial charge in [-0.25, -0.2) is 12.7 Å². The Bertz CT molecular complexity index is 239. The van der Waals surface area contributed by atoms with Gasteiger partial charge in [0.25, 0.3) is 0 Å².